The lowest BCUT2D eigenvalue weighted by Gasteiger charge is -2.53. The summed E-state index contributed by atoms with van der Waals surface area (Å²) in [5.74, 6) is 1.90. The molecule has 2 aromatic heterocycles. The van der Waals surface area contributed by atoms with Gasteiger partial charge in [-0.25, -0.2) is 18.4 Å². The van der Waals surface area contributed by atoms with Gasteiger partial charge in [-0.3, -0.25) is 4.79 Å². The molecule has 0 bridgehead atoms. The Kier molecular flexibility index (Phi) is 10.4. The van der Waals surface area contributed by atoms with Gasteiger partial charge in [0, 0.05) is 68.8 Å². The summed E-state index contributed by atoms with van der Waals surface area (Å²) in [6, 6.07) is 7.75. The number of hydrogen-bond acceptors (Lipinski definition) is 10. The molecular formula is C36H50N8O4S. The fourth-order valence-electron chi connectivity index (χ4n) is 7.87. The number of ether oxygens (including phenoxy) is 1. The van der Waals surface area contributed by atoms with Crippen LogP contribution in [0.15, 0.2) is 49.3 Å². The van der Waals surface area contributed by atoms with E-state index >= 15 is 0 Å². The number of carbonyl (C=O) groups excluding carboxylic acids is 1. The Hall–Kier alpha value is -3.81. The van der Waals surface area contributed by atoms with Crippen LogP contribution in [0.5, 0.6) is 0 Å². The van der Waals surface area contributed by atoms with Gasteiger partial charge in [-0.2, -0.15) is 9.29 Å². The van der Waals surface area contributed by atoms with Crippen LogP contribution in [0.3, 0.4) is 0 Å². The Labute approximate surface area is 290 Å². The van der Waals surface area contributed by atoms with Crippen LogP contribution in [0.25, 0.3) is 10.8 Å². The lowest BCUT2D eigenvalue weighted by Crippen LogP contribution is -2.68. The van der Waals surface area contributed by atoms with E-state index < -0.39 is 10.0 Å². The van der Waals surface area contributed by atoms with Crippen molar-refractivity contribution < 1.29 is 17.9 Å². The van der Waals surface area contributed by atoms with E-state index in [1.165, 1.54) is 12.3 Å². The van der Waals surface area contributed by atoms with Crippen LogP contribution in [0, 0.1) is 0 Å². The zero-order chi connectivity index (χ0) is 34.9. The molecule has 3 fully saturated rings. The number of rotatable bonds is 10. The number of benzene rings is 1. The Morgan fingerprint density at radius 3 is 2.51 bits per heavy atom. The average molecular weight is 691 g/mol. The zero-order valence-electron chi connectivity index (χ0n) is 29.4. The molecule has 3 aliphatic heterocycles. The van der Waals surface area contributed by atoms with Crippen LogP contribution >= 0.6 is 0 Å². The van der Waals surface area contributed by atoms with Crippen LogP contribution in [-0.4, -0.2) is 102 Å². The number of sulfonamides is 1. The zero-order valence-corrected chi connectivity index (χ0v) is 30.2. The maximum atomic E-state index is 13.2. The van der Waals surface area contributed by atoms with E-state index in [0.717, 1.165) is 73.6 Å². The monoisotopic (exact) mass is 690 g/mol. The largest absolute Gasteiger partial charge is 0.381 e. The van der Waals surface area contributed by atoms with Gasteiger partial charge in [0.1, 0.15) is 11.6 Å². The van der Waals surface area contributed by atoms with Crippen molar-refractivity contribution in [2.24, 2.45) is 0 Å². The number of fused-ring (bicyclic) bond motifs is 1. The van der Waals surface area contributed by atoms with Crippen LogP contribution in [0.1, 0.15) is 70.9 Å². The summed E-state index contributed by atoms with van der Waals surface area (Å²) in [6.45, 7) is 12.6. The quantitative estimate of drug-likeness (QED) is 0.282. The van der Waals surface area contributed by atoms with E-state index in [4.69, 9.17) is 14.7 Å². The van der Waals surface area contributed by atoms with Gasteiger partial charge in [0.15, 0.2) is 0 Å². The van der Waals surface area contributed by atoms with Crippen molar-refractivity contribution in [1.29, 1.82) is 0 Å². The summed E-state index contributed by atoms with van der Waals surface area (Å²) in [5.41, 5.74) is 2.06. The highest BCUT2D eigenvalue weighted by molar-refractivity contribution is 7.88. The van der Waals surface area contributed by atoms with Crippen molar-refractivity contribution in [2.75, 3.05) is 54.7 Å². The molecule has 1 amide bonds. The lowest BCUT2D eigenvalue weighted by molar-refractivity contribution is -0.128. The second-order valence-corrected chi connectivity index (χ2v) is 15.7. The molecule has 3 aromatic rings. The lowest BCUT2D eigenvalue weighted by atomic mass is 9.91. The van der Waals surface area contributed by atoms with E-state index in [-0.39, 0.29) is 36.2 Å². The highest BCUT2D eigenvalue weighted by Crippen LogP contribution is 2.42. The number of hydrogen-bond donors (Lipinski definition) is 1. The van der Waals surface area contributed by atoms with Crippen molar-refractivity contribution in [3.05, 3.63) is 54.9 Å². The van der Waals surface area contributed by atoms with Gasteiger partial charge in [0.25, 0.3) is 0 Å². The van der Waals surface area contributed by atoms with Gasteiger partial charge in [-0.15, -0.1) is 0 Å². The summed E-state index contributed by atoms with van der Waals surface area (Å²) in [6.07, 6.45) is 12.4. The van der Waals surface area contributed by atoms with E-state index in [1.54, 1.807) is 17.6 Å². The van der Waals surface area contributed by atoms with Gasteiger partial charge >= 0.3 is 0 Å². The molecule has 0 spiro atoms. The SMILES string of the molecule is C=CC(=O)N1CCCCC[C@H]1c1ccc(N2C[C@H](N(C(C)C)S(C)(=O)=O)[C@H]2C)c2cnc(Nc3ccnc(N4CCC(OC)CC4)n3)cc12. The van der Waals surface area contributed by atoms with E-state index in [2.05, 4.69) is 51.8 Å². The Morgan fingerprint density at radius 2 is 1.84 bits per heavy atom. The van der Waals surface area contributed by atoms with Crippen LogP contribution in [-0.2, 0) is 19.6 Å². The minimum Gasteiger partial charge on any atom is -0.381 e. The Balaban J connectivity index is 1.37. The van der Waals surface area contributed by atoms with Crippen molar-refractivity contribution >= 4 is 50.0 Å². The molecule has 264 valence electrons. The van der Waals surface area contributed by atoms with E-state index in [0.29, 0.717) is 30.7 Å². The molecule has 3 atom stereocenters. The summed E-state index contributed by atoms with van der Waals surface area (Å²) in [4.78, 5) is 33.8. The van der Waals surface area contributed by atoms with Crippen molar-refractivity contribution in [3.8, 4) is 0 Å². The van der Waals surface area contributed by atoms with E-state index in [1.807, 2.05) is 31.0 Å². The second-order valence-electron chi connectivity index (χ2n) is 13.8. The molecule has 0 aliphatic carbocycles. The standard InChI is InChI=1S/C36H50N8O4S/c1-7-35(45)42-18-10-8-9-11-30(42)27-12-13-31(43-23-32(25(43)4)44(24(2)3)49(6,46)47)29-22-38-34(21-28(27)29)39-33-14-17-37-36(40-33)41-19-15-26(48-5)16-20-41/h7,12-14,17,21-22,24-26,30,32H,1,8-11,15-16,18-20,23H2,2-6H3,(H,37,38,39,40)/t25-,30+,32+/m1/s1. The van der Waals surface area contributed by atoms with Crippen LogP contribution in [0.2, 0.25) is 0 Å². The van der Waals surface area contributed by atoms with Crippen molar-refractivity contribution in [3.63, 3.8) is 0 Å². The summed E-state index contributed by atoms with van der Waals surface area (Å²) in [7, 11) is -1.61. The predicted molar refractivity (Wildman–Crippen MR) is 195 cm³/mol. The van der Waals surface area contributed by atoms with Crippen LogP contribution in [0.4, 0.5) is 23.3 Å². The number of pyridine rings is 1. The highest BCUT2D eigenvalue weighted by atomic mass is 32.2. The Morgan fingerprint density at radius 1 is 1.06 bits per heavy atom. The third-order valence-electron chi connectivity index (χ3n) is 10.4. The van der Waals surface area contributed by atoms with Gasteiger partial charge < -0.3 is 24.8 Å². The fourth-order valence-corrected chi connectivity index (χ4v) is 9.38. The molecule has 12 nitrogen and oxygen atoms in total. The number of nitrogens with one attached hydrogen (secondary N) is 1. The molecule has 0 unspecified atom stereocenters. The third kappa shape index (κ3) is 7.25. The number of methoxy groups -OCH3 is 1. The molecule has 1 N–H and O–H groups in total. The minimum atomic E-state index is -3.37. The Bertz CT molecular complexity index is 1780. The third-order valence-corrected chi connectivity index (χ3v) is 11.9. The minimum absolute atomic E-state index is 0.0332. The molecule has 0 radical (unpaired) electrons. The topological polar surface area (TPSA) is 124 Å². The number of anilines is 4. The first-order valence-electron chi connectivity index (χ1n) is 17.5. The molecule has 13 heteroatoms. The predicted octanol–water partition coefficient (Wildman–Crippen LogP) is 5.26. The number of carbonyl (C=O) groups is 1. The molecule has 1 aromatic carbocycles. The summed E-state index contributed by atoms with van der Waals surface area (Å²) < 4.78 is 32.6. The number of amides is 1. The molecule has 5 heterocycles. The summed E-state index contributed by atoms with van der Waals surface area (Å²) >= 11 is 0. The first kappa shape index (κ1) is 35.0. The average Bonchev–Trinajstić information content (AvgIpc) is 3.34. The molecule has 49 heavy (non-hydrogen) atoms. The second kappa shape index (κ2) is 14.6. The number of likely N-dealkylation sites (tertiary alicyclic amines) is 1. The van der Waals surface area contributed by atoms with Crippen LogP contribution < -0.4 is 15.1 Å². The maximum absolute atomic E-state index is 13.2. The molecule has 0 saturated carbocycles. The number of piperidine rings is 1. The maximum Gasteiger partial charge on any atom is 0.246 e. The van der Waals surface area contributed by atoms with Crippen molar-refractivity contribution in [2.45, 2.75) is 89.6 Å². The normalized spacial score (nSPS) is 22.3. The molecular weight excluding hydrogens is 641 g/mol. The van der Waals surface area contributed by atoms with Crippen molar-refractivity contribution in [1.82, 2.24) is 24.2 Å². The fraction of sp³-hybridized carbons (Fsp3) is 0.556. The van der Waals surface area contributed by atoms with Gasteiger partial charge in [0.2, 0.25) is 21.9 Å². The van der Waals surface area contributed by atoms with E-state index in [9.17, 15) is 13.2 Å². The highest BCUT2D eigenvalue weighted by Gasteiger charge is 2.44. The smallest absolute Gasteiger partial charge is 0.246 e. The molecule has 3 saturated heterocycles. The van der Waals surface area contributed by atoms with Gasteiger partial charge in [0.05, 0.1) is 24.4 Å². The van der Waals surface area contributed by atoms with Gasteiger partial charge in [-0.1, -0.05) is 25.5 Å². The van der Waals surface area contributed by atoms with Gasteiger partial charge in [-0.05, 0) is 81.7 Å². The number of nitrogens with zero attached hydrogens (tertiary/aromatic N) is 7. The molecule has 3 aliphatic rings. The number of aromatic nitrogens is 3. The molecule has 6 rings (SSSR count). The summed E-state index contributed by atoms with van der Waals surface area (Å²) in [5, 5.41) is 5.38. The first-order chi connectivity index (χ1) is 23.5. The first-order valence-corrected chi connectivity index (χ1v) is 19.3.